The number of carbonyl (C=O) groups excluding carboxylic acids is 1. The molecule has 3 nitrogen and oxygen atoms in total. The molecule has 19 heavy (non-hydrogen) atoms. The van der Waals surface area contributed by atoms with E-state index in [4.69, 9.17) is 4.42 Å². The maximum absolute atomic E-state index is 12.5. The third-order valence-electron chi connectivity index (χ3n) is 4.04. The third-order valence-corrected chi connectivity index (χ3v) is 4.04. The molecule has 100 valence electrons. The maximum Gasteiger partial charge on any atom is 0.201 e. The van der Waals surface area contributed by atoms with Crippen LogP contribution < -0.4 is 5.32 Å². The number of benzene rings is 1. The maximum atomic E-state index is 12.5. The second kappa shape index (κ2) is 4.82. The fourth-order valence-corrected chi connectivity index (χ4v) is 2.87. The van der Waals surface area contributed by atoms with Crippen molar-refractivity contribution in [2.24, 2.45) is 11.8 Å². The van der Waals surface area contributed by atoms with Crippen molar-refractivity contribution in [3.63, 3.8) is 0 Å². The summed E-state index contributed by atoms with van der Waals surface area (Å²) in [5.74, 6) is 1.13. The zero-order valence-corrected chi connectivity index (χ0v) is 11.4. The molecule has 0 radical (unpaired) electrons. The number of hydrogen-bond acceptors (Lipinski definition) is 3. The first-order chi connectivity index (χ1) is 9.15. The minimum Gasteiger partial charge on any atom is -0.453 e. The van der Waals surface area contributed by atoms with E-state index in [1.807, 2.05) is 25.1 Å². The molecular weight excluding hydrogens is 238 g/mol. The number of aryl methyl sites for hydroxylation is 1. The summed E-state index contributed by atoms with van der Waals surface area (Å²) in [6.45, 7) is 6.00. The van der Waals surface area contributed by atoms with E-state index < -0.39 is 0 Å². The van der Waals surface area contributed by atoms with Gasteiger partial charge in [-0.1, -0.05) is 18.6 Å². The van der Waals surface area contributed by atoms with Crippen LogP contribution in [0.15, 0.2) is 28.7 Å². The van der Waals surface area contributed by atoms with Crippen LogP contribution in [0.3, 0.4) is 0 Å². The van der Waals surface area contributed by atoms with Crippen LogP contribution in [-0.4, -0.2) is 18.9 Å². The van der Waals surface area contributed by atoms with Crippen molar-refractivity contribution in [3.8, 4) is 0 Å². The molecule has 3 heteroatoms. The zero-order chi connectivity index (χ0) is 13.4. The fourth-order valence-electron chi connectivity index (χ4n) is 2.87. The highest BCUT2D eigenvalue weighted by atomic mass is 16.3. The molecule has 1 aliphatic heterocycles. The fraction of sp³-hybridized carbons (Fsp3) is 0.438. The van der Waals surface area contributed by atoms with E-state index in [1.165, 1.54) is 5.56 Å². The Morgan fingerprint density at radius 3 is 3.00 bits per heavy atom. The number of rotatable bonds is 2. The standard InChI is InChI=1S/C16H19NO2/c1-10-3-4-14-12(7-10)8-15(19-14)16(18)13-5-6-17-9-11(13)2/h3-4,7-8,11,13,17H,5-6,9H2,1-2H3. The average molecular weight is 257 g/mol. The van der Waals surface area contributed by atoms with Gasteiger partial charge in [-0.25, -0.2) is 0 Å². The van der Waals surface area contributed by atoms with Crippen LogP contribution in [0.2, 0.25) is 0 Å². The molecule has 2 aromatic rings. The van der Waals surface area contributed by atoms with Crippen molar-refractivity contribution < 1.29 is 9.21 Å². The lowest BCUT2D eigenvalue weighted by molar-refractivity contribution is 0.0821. The highest BCUT2D eigenvalue weighted by Gasteiger charge is 2.30. The van der Waals surface area contributed by atoms with Gasteiger partial charge in [0.1, 0.15) is 5.58 Å². The van der Waals surface area contributed by atoms with E-state index in [9.17, 15) is 4.79 Å². The zero-order valence-electron chi connectivity index (χ0n) is 11.4. The first kappa shape index (κ1) is 12.4. The molecule has 0 aliphatic carbocycles. The van der Waals surface area contributed by atoms with Gasteiger partial charge in [-0.15, -0.1) is 0 Å². The van der Waals surface area contributed by atoms with Crippen molar-refractivity contribution in [1.82, 2.24) is 5.32 Å². The van der Waals surface area contributed by atoms with Crippen LogP contribution in [0.1, 0.15) is 29.5 Å². The average Bonchev–Trinajstić information content (AvgIpc) is 2.81. The molecule has 2 atom stereocenters. The lowest BCUT2D eigenvalue weighted by Gasteiger charge is -2.27. The molecule has 1 aromatic carbocycles. The number of ketones is 1. The molecule has 0 amide bonds. The van der Waals surface area contributed by atoms with Gasteiger partial charge in [0.25, 0.3) is 0 Å². The SMILES string of the molecule is Cc1ccc2oc(C(=O)C3CCNCC3C)cc2c1. The smallest absolute Gasteiger partial charge is 0.201 e. The quantitative estimate of drug-likeness (QED) is 0.840. The van der Waals surface area contributed by atoms with Crippen molar-refractivity contribution in [3.05, 3.63) is 35.6 Å². The molecule has 3 rings (SSSR count). The van der Waals surface area contributed by atoms with Crippen LogP contribution in [-0.2, 0) is 0 Å². The van der Waals surface area contributed by atoms with E-state index >= 15 is 0 Å². The highest BCUT2D eigenvalue weighted by Crippen LogP contribution is 2.27. The van der Waals surface area contributed by atoms with Gasteiger partial charge < -0.3 is 9.73 Å². The molecule has 0 saturated carbocycles. The van der Waals surface area contributed by atoms with Gasteiger partial charge in [0, 0.05) is 11.3 Å². The summed E-state index contributed by atoms with van der Waals surface area (Å²) in [6.07, 6.45) is 0.899. The Labute approximate surface area is 113 Å². The number of carbonyl (C=O) groups is 1. The van der Waals surface area contributed by atoms with Gasteiger partial charge in [-0.05, 0) is 50.6 Å². The Morgan fingerprint density at radius 1 is 1.37 bits per heavy atom. The molecule has 1 N–H and O–H groups in total. The summed E-state index contributed by atoms with van der Waals surface area (Å²) in [4.78, 5) is 12.5. The predicted molar refractivity (Wildman–Crippen MR) is 75.4 cm³/mol. The lowest BCUT2D eigenvalue weighted by Crippen LogP contribution is -2.38. The number of nitrogens with one attached hydrogen (secondary N) is 1. The first-order valence-corrected chi connectivity index (χ1v) is 6.90. The lowest BCUT2D eigenvalue weighted by atomic mass is 9.84. The van der Waals surface area contributed by atoms with E-state index in [2.05, 4.69) is 18.3 Å². The van der Waals surface area contributed by atoms with Crippen LogP contribution >= 0.6 is 0 Å². The molecule has 1 aliphatic rings. The van der Waals surface area contributed by atoms with Gasteiger partial charge in [0.2, 0.25) is 5.78 Å². The van der Waals surface area contributed by atoms with Crippen LogP contribution in [0.5, 0.6) is 0 Å². The molecule has 0 spiro atoms. The Kier molecular flexibility index (Phi) is 3.15. The summed E-state index contributed by atoms with van der Waals surface area (Å²) >= 11 is 0. The summed E-state index contributed by atoms with van der Waals surface area (Å²) < 4.78 is 5.72. The molecule has 1 fully saturated rings. The van der Waals surface area contributed by atoms with E-state index in [0.29, 0.717) is 11.7 Å². The summed E-state index contributed by atoms with van der Waals surface area (Å²) in [5.41, 5.74) is 1.98. The van der Waals surface area contributed by atoms with Crippen LogP contribution in [0.4, 0.5) is 0 Å². The van der Waals surface area contributed by atoms with E-state index in [-0.39, 0.29) is 11.7 Å². The molecule has 2 unspecified atom stereocenters. The van der Waals surface area contributed by atoms with Gasteiger partial charge >= 0.3 is 0 Å². The minimum absolute atomic E-state index is 0.0860. The van der Waals surface area contributed by atoms with E-state index in [0.717, 1.165) is 30.5 Å². The number of hydrogen-bond donors (Lipinski definition) is 1. The number of furan rings is 1. The minimum atomic E-state index is 0.0860. The highest BCUT2D eigenvalue weighted by molar-refractivity contribution is 5.99. The Hall–Kier alpha value is -1.61. The molecular formula is C16H19NO2. The normalized spacial score (nSPS) is 23.7. The second-order valence-corrected chi connectivity index (χ2v) is 5.59. The molecule has 1 saturated heterocycles. The summed E-state index contributed by atoms with van der Waals surface area (Å²) in [6, 6.07) is 7.89. The monoisotopic (exact) mass is 257 g/mol. The second-order valence-electron chi connectivity index (χ2n) is 5.59. The first-order valence-electron chi connectivity index (χ1n) is 6.90. The van der Waals surface area contributed by atoms with Crippen LogP contribution in [0.25, 0.3) is 11.0 Å². The third kappa shape index (κ3) is 2.30. The molecule has 1 aromatic heterocycles. The van der Waals surface area contributed by atoms with Crippen molar-refractivity contribution >= 4 is 16.8 Å². The van der Waals surface area contributed by atoms with Crippen molar-refractivity contribution in [2.45, 2.75) is 20.3 Å². The number of piperidine rings is 1. The number of fused-ring (bicyclic) bond motifs is 1. The van der Waals surface area contributed by atoms with E-state index in [1.54, 1.807) is 0 Å². The Morgan fingerprint density at radius 2 is 2.21 bits per heavy atom. The Bertz CT molecular complexity index is 614. The number of Topliss-reactive ketones (excluding diaryl/α,β-unsaturated/α-hetero) is 1. The molecule has 0 bridgehead atoms. The Balaban J connectivity index is 1.92. The molecule has 2 heterocycles. The van der Waals surface area contributed by atoms with Gasteiger partial charge in [0.05, 0.1) is 0 Å². The summed E-state index contributed by atoms with van der Waals surface area (Å²) in [5, 5.41) is 4.34. The van der Waals surface area contributed by atoms with Gasteiger partial charge in [-0.3, -0.25) is 4.79 Å². The van der Waals surface area contributed by atoms with Crippen LogP contribution in [0, 0.1) is 18.8 Å². The van der Waals surface area contributed by atoms with Crippen molar-refractivity contribution in [1.29, 1.82) is 0 Å². The van der Waals surface area contributed by atoms with Crippen molar-refractivity contribution in [2.75, 3.05) is 13.1 Å². The topological polar surface area (TPSA) is 42.2 Å². The summed E-state index contributed by atoms with van der Waals surface area (Å²) in [7, 11) is 0. The van der Waals surface area contributed by atoms with Gasteiger partial charge in [-0.2, -0.15) is 0 Å². The predicted octanol–water partition coefficient (Wildman–Crippen LogP) is 3.17. The van der Waals surface area contributed by atoms with Gasteiger partial charge in [0.15, 0.2) is 5.76 Å². The largest absolute Gasteiger partial charge is 0.453 e.